The van der Waals surface area contributed by atoms with Crippen molar-refractivity contribution in [3.05, 3.63) is 29.3 Å². The minimum atomic E-state index is -0.757. The van der Waals surface area contributed by atoms with Gasteiger partial charge in [-0.25, -0.2) is 9.59 Å². The second-order valence-electron chi connectivity index (χ2n) is 4.75. The molecule has 0 saturated carbocycles. The maximum atomic E-state index is 12.2. The van der Waals surface area contributed by atoms with Crippen LogP contribution in [0.2, 0.25) is 5.02 Å². The van der Waals surface area contributed by atoms with Crippen molar-refractivity contribution < 1.29 is 19.4 Å². The van der Waals surface area contributed by atoms with Crippen LogP contribution in [0.25, 0.3) is 0 Å². The highest BCUT2D eigenvalue weighted by atomic mass is 35.5. The monoisotopic (exact) mass is 312 g/mol. The van der Waals surface area contributed by atoms with Gasteiger partial charge in [-0.1, -0.05) is 11.6 Å². The predicted octanol–water partition coefficient (Wildman–Crippen LogP) is 1.87. The highest BCUT2D eigenvalue weighted by Crippen LogP contribution is 2.21. The van der Waals surface area contributed by atoms with Gasteiger partial charge < -0.3 is 20.1 Å². The molecule has 1 aromatic carbocycles. The standard InChI is InChI=1S/C14H17ClN2O4/c1-2-21-13(19)12-7-11(18)8-17(12)14(20)16-10-5-3-9(15)4-6-10/h3-6,11-12,18H,2,7-8H2,1H3,(H,16,20)/t11?,12-/m0/s1. The molecule has 1 heterocycles. The van der Waals surface area contributed by atoms with Crippen molar-refractivity contribution >= 4 is 29.3 Å². The molecule has 6 nitrogen and oxygen atoms in total. The molecule has 1 aromatic rings. The van der Waals surface area contributed by atoms with Gasteiger partial charge in [0.15, 0.2) is 0 Å². The van der Waals surface area contributed by atoms with Crippen LogP contribution in [0, 0.1) is 0 Å². The molecule has 2 rings (SSSR count). The Kier molecular flexibility index (Phi) is 5.03. The summed E-state index contributed by atoms with van der Waals surface area (Å²) < 4.78 is 4.93. The number of aliphatic hydroxyl groups excluding tert-OH is 1. The van der Waals surface area contributed by atoms with Crippen molar-refractivity contribution in [3.63, 3.8) is 0 Å². The second kappa shape index (κ2) is 6.78. The number of rotatable bonds is 3. The average Bonchev–Trinajstić information content (AvgIpc) is 2.84. The summed E-state index contributed by atoms with van der Waals surface area (Å²) >= 11 is 5.78. The zero-order valence-corrected chi connectivity index (χ0v) is 12.3. The number of amides is 2. The fraction of sp³-hybridized carbons (Fsp3) is 0.429. The van der Waals surface area contributed by atoms with Crippen LogP contribution in [0.15, 0.2) is 24.3 Å². The second-order valence-corrected chi connectivity index (χ2v) is 5.18. The van der Waals surface area contributed by atoms with E-state index in [1.165, 1.54) is 4.90 Å². The van der Waals surface area contributed by atoms with Crippen molar-refractivity contribution in [2.45, 2.75) is 25.5 Å². The fourth-order valence-electron chi connectivity index (χ4n) is 2.23. The number of carbonyl (C=O) groups is 2. The first-order chi connectivity index (χ1) is 10.0. The van der Waals surface area contributed by atoms with E-state index in [9.17, 15) is 14.7 Å². The number of ether oxygens (including phenoxy) is 1. The molecule has 114 valence electrons. The van der Waals surface area contributed by atoms with Crippen LogP contribution in [-0.2, 0) is 9.53 Å². The third-order valence-corrected chi connectivity index (χ3v) is 3.45. The van der Waals surface area contributed by atoms with Gasteiger partial charge in [0.05, 0.1) is 12.7 Å². The zero-order valence-electron chi connectivity index (χ0n) is 11.6. The number of β-amino-alcohol motifs (C(OH)–C–C–N with tert-alkyl or cyclic N) is 1. The van der Waals surface area contributed by atoms with E-state index in [1.807, 2.05) is 0 Å². The summed E-state index contributed by atoms with van der Waals surface area (Å²) in [6.07, 6.45) is -0.539. The van der Waals surface area contributed by atoms with Crippen LogP contribution in [-0.4, -0.2) is 47.3 Å². The molecule has 0 radical (unpaired) electrons. The van der Waals surface area contributed by atoms with Crippen LogP contribution in [0.3, 0.4) is 0 Å². The van der Waals surface area contributed by atoms with E-state index in [2.05, 4.69) is 5.32 Å². The molecule has 2 amide bonds. The van der Waals surface area contributed by atoms with E-state index in [4.69, 9.17) is 16.3 Å². The molecule has 0 bridgehead atoms. The molecular formula is C14H17ClN2O4. The Hall–Kier alpha value is -1.79. The van der Waals surface area contributed by atoms with E-state index in [-0.39, 0.29) is 19.6 Å². The summed E-state index contributed by atoms with van der Waals surface area (Å²) in [5.41, 5.74) is 0.563. The molecule has 7 heteroatoms. The van der Waals surface area contributed by atoms with Gasteiger partial charge in [0.25, 0.3) is 0 Å². The van der Waals surface area contributed by atoms with Gasteiger partial charge in [-0.15, -0.1) is 0 Å². The van der Waals surface area contributed by atoms with Crippen LogP contribution < -0.4 is 5.32 Å². The van der Waals surface area contributed by atoms with Gasteiger partial charge in [0.2, 0.25) is 0 Å². The summed E-state index contributed by atoms with van der Waals surface area (Å²) in [5, 5.41) is 12.9. The molecular weight excluding hydrogens is 296 g/mol. The first-order valence-corrected chi connectivity index (χ1v) is 7.07. The Morgan fingerprint density at radius 3 is 2.71 bits per heavy atom. The Labute approximate surface area is 127 Å². The minimum Gasteiger partial charge on any atom is -0.464 e. The van der Waals surface area contributed by atoms with Gasteiger partial charge in [0, 0.05) is 23.7 Å². The molecule has 1 fully saturated rings. The van der Waals surface area contributed by atoms with Gasteiger partial charge in [0.1, 0.15) is 6.04 Å². The van der Waals surface area contributed by atoms with Gasteiger partial charge in [-0.2, -0.15) is 0 Å². The topological polar surface area (TPSA) is 78.9 Å². The highest BCUT2D eigenvalue weighted by Gasteiger charge is 2.39. The number of anilines is 1. The minimum absolute atomic E-state index is 0.100. The van der Waals surface area contributed by atoms with Crippen molar-refractivity contribution in [3.8, 4) is 0 Å². The van der Waals surface area contributed by atoms with Gasteiger partial charge in [-0.05, 0) is 31.2 Å². The number of aliphatic hydroxyl groups is 1. The van der Waals surface area contributed by atoms with E-state index in [0.29, 0.717) is 10.7 Å². The molecule has 0 aliphatic carbocycles. The Morgan fingerprint density at radius 1 is 1.43 bits per heavy atom. The average molecular weight is 313 g/mol. The molecule has 2 atom stereocenters. The maximum Gasteiger partial charge on any atom is 0.329 e. The van der Waals surface area contributed by atoms with Crippen LogP contribution in [0.5, 0.6) is 0 Å². The number of esters is 1. The lowest BCUT2D eigenvalue weighted by Gasteiger charge is -2.23. The Morgan fingerprint density at radius 2 is 2.10 bits per heavy atom. The number of likely N-dealkylation sites (tertiary alicyclic amines) is 1. The third-order valence-electron chi connectivity index (χ3n) is 3.19. The SMILES string of the molecule is CCOC(=O)[C@@H]1CC(O)CN1C(=O)Nc1ccc(Cl)cc1. The number of nitrogens with zero attached hydrogens (tertiary/aromatic N) is 1. The summed E-state index contributed by atoms with van der Waals surface area (Å²) in [6.45, 7) is 2.03. The van der Waals surface area contributed by atoms with Crippen molar-refractivity contribution in [1.82, 2.24) is 4.90 Å². The molecule has 1 unspecified atom stereocenters. The quantitative estimate of drug-likeness (QED) is 0.835. The van der Waals surface area contributed by atoms with E-state index < -0.39 is 24.1 Å². The molecule has 0 spiro atoms. The number of hydrogen-bond acceptors (Lipinski definition) is 4. The summed E-state index contributed by atoms with van der Waals surface area (Å²) in [7, 11) is 0. The Bertz CT molecular complexity index is 520. The van der Waals surface area contributed by atoms with Crippen LogP contribution in [0.1, 0.15) is 13.3 Å². The lowest BCUT2D eigenvalue weighted by atomic mass is 10.2. The van der Waals surface area contributed by atoms with Gasteiger partial charge >= 0.3 is 12.0 Å². The maximum absolute atomic E-state index is 12.2. The predicted molar refractivity (Wildman–Crippen MR) is 78.2 cm³/mol. The van der Waals surface area contributed by atoms with E-state index >= 15 is 0 Å². The largest absolute Gasteiger partial charge is 0.464 e. The molecule has 1 aliphatic rings. The first-order valence-electron chi connectivity index (χ1n) is 6.69. The molecule has 0 aromatic heterocycles. The van der Waals surface area contributed by atoms with Crippen LogP contribution in [0.4, 0.5) is 10.5 Å². The normalized spacial score (nSPS) is 21.2. The first kappa shape index (κ1) is 15.6. The number of nitrogens with one attached hydrogen (secondary N) is 1. The van der Waals surface area contributed by atoms with Gasteiger partial charge in [-0.3, -0.25) is 0 Å². The summed E-state index contributed by atoms with van der Waals surface area (Å²) in [5.74, 6) is -0.500. The number of halogens is 1. The molecule has 1 aliphatic heterocycles. The molecule has 21 heavy (non-hydrogen) atoms. The number of benzene rings is 1. The number of carbonyl (C=O) groups excluding carboxylic acids is 2. The van der Waals surface area contributed by atoms with E-state index in [1.54, 1.807) is 31.2 Å². The summed E-state index contributed by atoms with van der Waals surface area (Å²) in [6, 6.07) is 5.41. The lowest BCUT2D eigenvalue weighted by Crippen LogP contribution is -2.43. The smallest absolute Gasteiger partial charge is 0.329 e. The number of hydrogen-bond donors (Lipinski definition) is 2. The Balaban J connectivity index is 2.05. The van der Waals surface area contributed by atoms with Crippen molar-refractivity contribution in [1.29, 1.82) is 0 Å². The van der Waals surface area contributed by atoms with E-state index in [0.717, 1.165) is 0 Å². The molecule has 1 saturated heterocycles. The fourth-order valence-corrected chi connectivity index (χ4v) is 2.35. The summed E-state index contributed by atoms with van der Waals surface area (Å²) in [4.78, 5) is 25.3. The van der Waals surface area contributed by atoms with Crippen LogP contribution >= 0.6 is 11.6 Å². The number of urea groups is 1. The zero-order chi connectivity index (χ0) is 15.4. The van der Waals surface area contributed by atoms with Crippen molar-refractivity contribution in [2.24, 2.45) is 0 Å². The molecule has 2 N–H and O–H groups in total. The third kappa shape index (κ3) is 3.86. The highest BCUT2D eigenvalue weighted by molar-refractivity contribution is 6.30. The van der Waals surface area contributed by atoms with Crippen molar-refractivity contribution in [2.75, 3.05) is 18.5 Å². The lowest BCUT2D eigenvalue weighted by molar-refractivity contribution is -0.147.